The molecule has 0 aliphatic carbocycles. The molecular formula is C21H34O8. The van der Waals surface area contributed by atoms with Gasteiger partial charge in [0.2, 0.25) is 0 Å². The van der Waals surface area contributed by atoms with E-state index in [1.165, 1.54) is 0 Å². The van der Waals surface area contributed by atoms with E-state index in [1.54, 1.807) is 0 Å². The lowest BCUT2D eigenvalue weighted by Crippen LogP contribution is -2.46. The molecule has 0 saturated carbocycles. The third kappa shape index (κ3) is 11.0. The van der Waals surface area contributed by atoms with Crippen molar-refractivity contribution in [3.8, 4) is 0 Å². The van der Waals surface area contributed by atoms with Gasteiger partial charge in [-0.2, -0.15) is 0 Å². The molecule has 166 valence electrons. The van der Waals surface area contributed by atoms with Gasteiger partial charge in [0.1, 0.15) is 12.2 Å². The lowest BCUT2D eigenvalue weighted by molar-refractivity contribution is -0.156. The van der Waals surface area contributed by atoms with Gasteiger partial charge >= 0.3 is 0 Å². The standard InChI is InChI=1S/C21H34O8/c22-19-6-7-29-20(21(19)23)17-28-15-13-26-11-9-24-8-10-25-12-14-27-16-18-4-2-1-3-5-18/h1-5,19-23H,6-17H2. The Bertz CT molecular complexity index is 501. The lowest BCUT2D eigenvalue weighted by atomic mass is 10.0. The summed E-state index contributed by atoms with van der Waals surface area (Å²) in [4.78, 5) is 0. The summed E-state index contributed by atoms with van der Waals surface area (Å²) in [6.45, 7) is 5.20. The number of hydrogen-bond acceptors (Lipinski definition) is 8. The first-order chi connectivity index (χ1) is 14.3. The quantitative estimate of drug-likeness (QED) is 0.383. The van der Waals surface area contributed by atoms with Crippen LogP contribution in [0.5, 0.6) is 0 Å². The first kappa shape index (κ1) is 24.2. The number of rotatable bonds is 16. The van der Waals surface area contributed by atoms with Crippen molar-refractivity contribution in [2.24, 2.45) is 0 Å². The van der Waals surface area contributed by atoms with Crippen molar-refractivity contribution < 1.29 is 38.6 Å². The van der Waals surface area contributed by atoms with Crippen LogP contribution < -0.4 is 0 Å². The minimum Gasteiger partial charge on any atom is -0.390 e. The molecule has 3 atom stereocenters. The van der Waals surface area contributed by atoms with Gasteiger partial charge in [-0.05, 0) is 12.0 Å². The Hall–Kier alpha value is -1.10. The van der Waals surface area contributed by atoms with E-state index < -0.39 is 18.3 Å². The second-order valence-corrected chi connectivity index (χ2v) is 6.71. The summed E-state index contributed by atoms with van der Waals surface area (Å²) in [5.41, 5.74) is 1.15. The zero-order valence-electron chi connectivity index (χ0n) is 16.9. The first-order valence-electron chi connectivity index (χ1n) is 10.2. The van der Waals surface area contributed by atoms with Gasteiger partial charge < -0.3 is 38.6 Å². The summed E-state index contributed by atoms with van der Waals surface area (Å²) >= 11 is 0. The van der Waals surface area contributed by atoms with E-state index >= 15 is 0 Å². The molecule has 0 radical (unpaired) electrons. The smallest absolute Gasteiger partial charge is 0.109 e. The molecule has 3 unspecified atom stereocenters. The third-order valence-corrected chi connectivity index (χ3v) is 4.40. The van der Waals surface area contributed by atoms with Gasteiger partial charge in [0, 0.05) is 6.61 Å². The van der Waals surface area contributed by atoms with Gasteiger partial charge in [-0.3, -0.25) is 0 Å². The van der Waals surface area contributed by atoms with Crippen molar-refractivity contribution >= 4 is 0 Å². The van der Waals surface area contributed by atoms with Gasteiger partial charge in [-0.1, -0.05) is 30.3 Å². The molecule has 0 aromatic heterocycles. The molecule has 1 aromatic carbocycles. The van der Waals surface area contributed by atoms with Crippen molar-refractivity contribution in [1.29, 1.82) is 0 Å². The molecule has 1 fully saturated rings. The van der Waals surface area contributed by atoms with Gasteiger partial charge in [0.05, 0.1) is 72.2 Å². The summed E-state index contributed by atoms with van der Waals surface area (Å²) in [6.07, 6.45) is -1.66. The van der Waals surface area contributed by atoms with Gasteiger partial charge in [-0.25, -0.2) is 0 Å². The Balaban J connectivity index is 1.27. The maximum absolute atomic E-state index is 9.77. The van der Waals surface area contributed by atoms with E-state index in [-0.39, 0.29) is 6.61 Å². The fourth-order valence-corrected chi connectivity index (χ4v) is 2.75. The van der Waals surface area contributed by atoms with Crippen molar-refractivity contribution in [2.45, 2.75) is 31.3 Å². The normalized spacial score (nSPS) is 22.1. The average molecular weight is 414 g/mol. The molecule has 0 amide bonds. The van der Waals surface area contributed by atoms with Crippen LogP contribution in [0, 0.1) is 0 Å². The van der Waals surface area contributed by atoms with E-state index in [9.17, 15) is 10.2 Å². The Morgan fingerprint density at radius 2 is 1.31 bits per heavy atom. The fraction of sp³-hybridized carbons (Fsp3) is 0.714. The highest BCUT2D eigenvalue weighted by molar-refractivity contribution is 5.13. The summed E-state index contributed by atoms with van der Waals surface area (Å²) in [5.74, 6) is 0. The molecular weight excluding hydrogens is 380 g/mol. The van der Waals surface area contributed by atoms with Gasteiger partial charge in [0.25, 0.3) is 0 Å². The van der Waals surface area contributed by atoms with E-state index in [0.29, 0.717) is 72.5 Å². The van der Waals surface area contributed by atoms with Crippen molar-refractivity contribution in [2.75, 3.05) is 66.1 Å². The van der Waals surface area contributed by atoms with Crippen molar-refractivity contribution in [3.63, 3.8) is 0 Å². The maximum Gasteiger partial charge on any atom is 0.109 e. The molecule has 0 spiro atoms. The van der Waals surface area contributed by atoms with Crippen molar-refractivity contribution in [1.82, 2.24) is 0 Å². The number of ether oxygens (including phenoxy) is 6. The van der Waals surface area contributed by atoms with Crippen LogP contribution in [-0.4, -0.2) is 94.6 Å². The molecule has 8 nitrogen and oxygen atoms in total. The summed E-state index contributed by atoms with van der Waals surface area (Å²) in [6, 6.07) is 10.0. The SMILES string of the molecule is OC1CCOC(COCCOCCOCCOCCOCc2ccccc2)C1O. The van der Waals surface area contributed by atoms with Crippen LogP contribution in [-0.2, 0) is 35.0 Å². The number of aliphatic hydroxyl groups is 2. The van der Waals surface area contributed by atoms with Crippen LogP contribution in [0.4, 0.5) is 0 Å². The topological polar surface area (TPSA) is 95.8 Å². The third-order valence-electron chi connectivity index (χ3n) is 4.40. The van der Waals surface area contributed by atoms with E-state index in [0.717, 1.165) is 5.56 Å². The van der Waals surface area contributed by atoms with Crippen LogP contribution in [0.15, 0.2) is 30.3 Å². The number of hydrogen-bond donors (Lipinski definition) is 2. The molecule has 1 heterocycles. The molecule has 1 aliphatic rings. The monoisotopic (exact) mass is 414 g/mol. The predicted molar refractivity (Wildman–Crippen MR) is 106 cm³/mol. The van der Waals surface area contributed by atoms with Crippen molar-refractivity contribution in [3.05, 3.63) is 35.9 Å². The Labute approximate surface area is 172 Å². The molecule has 2 rings (SSSR count). The fourth-order valence-electron chi connectivity index (χ4n) is 2.75. The largest absolute Gasteiger partial charge is 0.390 e. The molecule has 29 heavy (non-hydrogen) atoms. The summed E-state index contributed by atoms with van der Waals surface area (Å²) in [5, 5.41) is 19.3. The van der Waals surface area contributed by atoms with Crippen LogP contribution in [0.3, 0.4) is 0 Å². The second-order valence-electron chi connectivity index (χ2n) is 6.71. The molecule has 8 heteroatoms. The molecule has 1 aliphatic heterocycles. The predicted octanol–water partition coefficient (Wildman–Crippen LogP) is 0.780. The van der Waals surface area contributed by atoms with Crippen LogP contribution >= 0.6 is 0 Å². The maximum atomic E-state index is 9.77. The summed E-state index contributed by atoms with van der Waals surface area (Å²) < 4.78 is 32.6. The number of benzene rings is 1. The molecule has 1 aromatic rings. The molecule has 1 saturated heterocycles. The lowest BCUT2D eigenvalue weighted by Gasteiger charge is -2.31. The number of aliphatic hydroxyl groups excluding tert-OH is 2. The van der Waals surface area contributed by atoms with Crippen LogP contribution in [0.1, 0.15) is 12.0 Å². The highest BCUT2D eigenvalue weighted by Crippen LogP contribution is 2.14. The zero-order valence-corrected chi connectivity index (χ0v) is 16.9. The van der Waals surface area contributed by atoms with Gasteiger partial charge in [0.15, 0.2) is 0 Å². The minimum absolute atomic E-state index is 0.241. The van der Waals surface area contributed by atoms with E-state index in [4.69, 9.17) is 28.4 Å². The van der Waals surface area contributed by atoms with Crippen LogP contribution in [0.2, 0.25) is 0 Å². The average Bonchev–Trinajstić information content (AvgIpc) is 2.74. The molecule has 0 bridgehead atoms. The second kappa shape index (κ2) is 15.7. The van der Waals surface area contributed by atoms with Gasteiger partial charge in [-0.15, -0.1) is 0 Å². The molecule has 2 N–H and O–H groups in total. The first-order valence-corrected chi connectivity index (χ1v) is 10.2. The highest BCUT2D eigenvalue weighted by atomic mass is 16.6. The minimum atomic E-state index is -0.893. The highest BCUT2D eigenvalue weighted by Gasteiger charge is 2.31. The zero-order chi connectivity index (χ0) is 20.6. The van der Waals surface area contributed by atoms with Crippen LogP contribution in [0.25, 0.3) is 0 Å². The van der Waals surface area contributed by atoms with E-state index in [2.05, 4.69) is 0 Å². The Morgan fingerprint density at radius 3 is 1.93 bits per heavy atom. The Morgan fingerprint density at radius 1 is 0.759 bits per heavy atom. The van der Waals surface area contributed by atoms with E-state index in [1.807, 2.05) is 30.3 Å². The Kier molecular flexibility index (Phi) is 13.1. The summed E-state index contributed by atoms with van der Waals surface area (Å²) in [7, 11) is 0.